The minimum absolute atomic E-state index is 0.0228. The first-order valence-corrected chi connectivity index (χ1v) is 11.6. The summed E-state index contributed by atoms with van der Waals surface area (Å²) in [4.78, 5) is 12.4. The van der Waals surface area contributed by atoms with Crippen LogP contribution in [0.25, 0.3) is 23.0 Å². The maximum atomic E-state index is 12.4. The minimum atomic E-state index is -0.473. The third-order valence-electron chi connectivity index (χ3n) is 5.32. The smallest absolute Gasteiger partial charge is 0.262 e. The Balaban J connectivity index is 1.65. The van der Waals surface area contributed by atoms with Crippen LogP contribution in [0.5, 0.6) is 5.75 Å². The number of benzene rings is 3. The summed E-state index contributed by atoms with van der Waals surface area (Å²) in [5, 5.41) is 17.6. The van der Waals surface area contributed by atoms with Gasteiger partial charge >= 0.3 is 0 Å². The molecule has 1 N–H and O–H groups in total. The molecule has 4 aromatic rings. The topological polar surface area (TPSA) is 79.9 Å². The van der Waals surface area contributed by atoms with Crippen molar-refractivity contribution in [2.45, 2.75) is 6.61 Å². The number of hydrogen-bond donors (Lipinski definition) is 1. The number of hydrogen-bond acceptors (Lipinski definition) is 4. The third kappa shape index (κ3) is 5.90. The zero-order chi connectivity index (χ0) is 25.3. The molecule has 7 heteroatoms. The van der Waals surface area contributed by atoms with Gasteiger partial charge in [0.2, 0.25) is 0 Å². The van der Waals surface area contributed by atoms with Gasteiger partial charge in [0.15, 0.2) is 0 Å². The second-order valence-corrected chi connectivity index (χ2v) is 8.19. The van der Waals surface area contributed by atoms with E-state index in [9.17, 15) is 10.1 Å². The standard InChI is InChI=1S/C29H23ClN4O2/c1-2-16-32-29(35)23(18-31)17-24-19-34(25-9-4-3-5-10-25)33-28(24)21-12-14-26(15-13-21)36-20-22-8-6-7-11-27(22)30/h2-15,17,19H,1,16,20H2,(H,32,35). The molecule has 0 radical (unpaired) electrons. The zero-order valence-electron chi connectivity index (χ0n) is 19.4. The van der Waals surface area contributed by atoms with Crippen LogP contribution in [0.1, 0.15) is 11.1 Å². The predicted molar refractivity (Wildman–Crippen MR) is 142 cm³/mol. The summed E-state index contributed by atoms with van der Waals surface area (Å²) in [5.41, 5.74) is 3.80. The molecule has 0 saturated heterocycles. The lowest BCUT2D eigenvalue weighted by atomic mass is 10.1. The summed E-state index contributed by atoms with van der Waals surface area (Å²) in [6.07, 6.45) is 4.90. The van der Waals surface area contributed by atoms with Gasteiger partial charge in [0.25, 0.3) is 5.91 Å². The lowest BCUT2D eigenvalue weighted by Crippen LogP contribution is -2.24. The van der Waals surface area contributed by atoms with Crippen LogP contribution in [0, 0.1) is 11.3 Å². The average molecular weight is 495 g/mol. The number of amides is 1. The van der Waals surface area contributed by atoms with Crippen molar-refractivity contribution in [3.8, 4) is 28.8 Å². The van der Waals surface area contributed by atoms with Crippen LogP contribution in [0.15, 0.2) is 103 Å². The Morgan fingerprint density at radius 3 is 2.50 bits per heavy atom. The molecule has 1 aromatic heterocycles. The second kappa shape index (κ2) is 11.7. The number of carbonyl (C=O) groups excluding carboxylic acids is 1. The van der Waals surface area contributed by atoms with Crippen LogP contribution >= 0.6 is 11.6 Å². The Morgan fingerprint density at radius 1 is 1.08 bits per heavy atom. The van der Waals surface area contributed by atoms with Gasteiger partial charge in [-0.15, -0.1) is 6.58 Å². The maximum absolute atomic E-state index is 12.4. The first-order valence-electron chi connectivity index (χ1n) is 11.2. The molecule has 0 spiro atoms. The highest BCUT2D eigenvalue weighted by Crippen LogP contribution is 2.28. The molecule has 1 heterocycles. The molecule has 0 aliphatic carbocycles. The number of carbonyl (C=O) groups is 1. The highest BCUT2D eigenvalue weighted by Gasteiger charge is 2.15. The largest absolute Gasteiger partial charge is 0.489 e. The number of halogens is 1. The first kappa shape index (κ1) is 24.5. The van der Waals surface area contributed by atoms with E-state index in [1.54, 1.807) is 23.0 Å². The fourth-order valence-electron chi connectivity index (χ4n) is 3.48. The van der Waals surface area contributed by atoms with Crippen molar-refractivity contribution >= 4 is 23.6 Å². The normalized spacial score (nSPS) is 10.9. The molecule has 0 unspecified atom stereocenters. The Morgan fingerprint density at radius 2 is 1.81 bits per heavy atom. The van der Waals surface area contributed by atoms with Crippen molar-refractivity contribution < 1.29 is 9.53 Å². The number of aromatic nitrogens is 2. The summed E-state index contributed by atoms with van der Waals surface area (Å²) in [6, 6.07) is 26.6. The van der Waals surface area contributed by atoms with E-state index >= 15 is 0 Å². The summed E-state index contributed by atoms with van der Waals surface area (Å²) in [7, 11) is 0. The predicted octanol–water partition coefficient (Wildman–Crippen LogP) is 5.98. The van der Waals surface area contributed by atoms with Gasteiger partial charge in [-0.2, -0.15) is 10.4 Å². The third-order valence-corrected chi connectivity index (χ3v) is 5.68. The number of ether oxygens (including phenoxy) is 1. The van der Waals surface area contributed by atoms with E-state index in [2.05, 4.69) is 11.9 Å². The van der Waals surface area contributed by atoms with Gasteiger partial charge in [-0.1, -0.05) is 54.1 Å². The zero-order valence-corrected chi connectivity index (χ0v) is 20.2. The van der Waals surface area contributed by atoms with Gasteiger partial charge in [-0.3, -0.25) is 4.79 Å². The molecule has 3 aromatic carbocycles. The molecule has 178 valence electrons. The number of rotatable bonds is 9. The molecular formula is C29H23ClN4O2. The fraction of sp³-hybridized carbons (Fsp3) is 0.0690. The molecule has 0 aliphatic heterocycles. The van der Waals surface area contributed by atoms with Gasteiger partial charge < -0.3 is 10.1 Å². The lowest BCUT2D eigenvalue weighted by Gasteiger charge is -2.08. The molecule has 36 heavy (non-hydrogen) atoms. The molecule has 0 atom stereocenters. The van der Waals surface area contributed by atoms with Crippen molar-refractivity contribution in [2.24, 2.45) is 0 Å². The van der Waals surface area contributed by atoms with Crippen LogP contribution < -0.4 is 10.1 Å². The van der Waals surface area contributed by atoms with E-state index in [4.69, 9.17) is 21.4 Å². The highest BCUT2D eigenvalue weighted by molar-refractivity contribution is 6.31. The van der Waals surface area contributed by atoms with E-state index in [-0.39, 0.29) is 12.1 Å². The summed E-state index contributed by atoms with van der Waals surface area (Å²) in [5.74, 6) is 0.207. The van der Waals surface area contributed by atoms with E-state index in [1.165, 1.54) is 0 Å². The minimum Gasteiger partial charge on any atom is -0.489 e. The van der Waals surface area contributed by atoms with Crippen LogP contribution in [0.3, 0.4) is 0 Å². The quantitative estimate of drug-likeness (QED) is 0.176. The molecular weight excluding hydrogens is 472 g/mol. The number of nitriles is 1. The van der Waals surface area contributed by atoms with Gasteiger partial charge in [-0.25, -0.2) is 4.68 Å². The fourth-order valence-corrected chi connectivity index (χ4v) is 3.67. The Bertz CT molecular complexity index is 1430. The monoisotopic (exact) mass is 494 g/mol. The molecule has 0 aliphatic rings. The average Bonchev–Trinajstić information content (AvgIpc) is 3.34. The summed E-state index contributed by atoms with van der Waals surface area (Å²) >= 11 is 6.22. The summed E-state index contributed by atoms with van der Waals surface area (Å²) in [6.45, 7) is 4.20. The van der Waals surface area contributed by atoms with Crippen LogP contribution in [-0.2, 0) is 11.4 Å². The molecule has 0 bridgehead atoms. The number of para-hydroxylation sites is 1. The highest BCUT2D eigenvalue weighted by atomic mass is 35.5. The van der Waals surface area contributed by atoms with Crippen molar-refractivity contribution in [2.75, 3.05) is 6.54 Å². The Kier molecular flexibility index (Phi) is 7.97. The van der Waals surface area contributed by atoms with Crippen LogP contribution in [0.2, 0.25) is 5.02 Å². The van der Waals surface area contributed by atoms with E-state index in [0.717, 1.165) is 16.8 Å². The lowest BCUT2D eigenvalue weighted by molar-refractivity contribution is -0.116. The van der Waals surface area contributed by atoms with E-state index in [0.29, 0.717) is 28.6 Å². The second-order valence-electron chi connectivity index (χ2n) is 7.79. The number of nitrogens with zero attached hydrogens (tertiary/aromatic N) is 3. The van der Waals surface area contributed by atoms with Crippen molar-refractivity contribution in [3.63, 3.8) is 0 Å². The van der Waals surface area contributed by atoms with Gasteiger partial charge in [0.1, 0.15) is 24.0 Å². The van der Waals surface area contributed by atoms with Crippen molar-refractivity contribution in [3.05, 3.63) is 119 Å². The van der Waals surface area contributed by atoms with Crippen LogP contribution in [0.4, 0.5) is 0 Å². The van der Waals surface area contributed by atoms with Gasteiger partial charge in [-0.05, 0) is 48.5 Å². The molecule has 0 fully saturated rings. The number of nitrogens with one attached hydrogen (secondary N) is 1. The molecule has 1 amide bonds. The molecule has 6 nitrogen and oxygen atoms in total. The van der Waals surface area contributed by atoms with Gasteiger partial charge in [0, 0.05) is 34.5 Å². The maximum Gasteiger partial charge on any atom is 0.262 e. The van der Waals surface area contributed by atoms with E-state index in [1.807, 2.05) is 84.9 Å². The van der Waals surface area contributed by atoms with E-state index < -0.39 is 5.91 Å². The summed E-state index contributed by atoms with van der Waals surface area (Å²) < 4.78 is 7.62. The molecule has 0 saturated carbocycles. The van der Waals surface area contributed by atoms with Crippen LogP contribution in [-0.4, -0.2) is 22.2 Å². The van der Waals surface area contributed by atoms with Gasteiger partial charge in [0.05, 0.1) is 11.4 Å². The first-order chi connectivity index (χ1) is 17.6. The molecule has 4 rings (SSSR count). The SMILES string of the molecule is C=CCNC(=O)C(C#N)=Cc1cn(-c2ccccc2)nc1-c1ccc(OCc2ccccc2Cl)cc1. The van der Waals surface area contributed by atoms with Crippen molar-refractivity contribution in [1.82, 2.24) is 15.1 Å². The Labute approximate surface area is 214 Å². The Hall–Kier alpha value is -4.60. The van der Waals surface area contributed by atoms with Crippen molar-refractivity contribution in [1.29, 1.82) is 5.26 Å².